The first kappa shape index (κ1) is 30.9. The smallest absolute Gasteiger partial charge is 0.331 e. The molecule has 0 heterocycles. The van der Waals surface area contributed by atoms with Gasteiger partial charge in [0.05, 0.1) is 29.4 Å². The standard InChI is InChI=1S/C22H24O4.C10H16O2.C6H4O2/c23-17-3-1-15(6-19(17)25)21-8-13-5-14(9-21)11-22(10-13,12-21)16-2-4-18(24)20(26)7-16;11-9-2-7-1-8(4-9)5-10(12,3-7)6-9;7-5-3-1-2-4-6(5)8/h1-4,6-7,13-14,23-26H,5,8-12H2;7-8,11-12H,1-6H2;1-3H,(H-,7,8)/p+1. The van der Waals surface area contributed by atoms with Crippen molar-refractivity contribution in [1.82, 2.24) is 0 Å². The summed E-state index contributed by atoms with van der Waals surface area (Å²) in [4.78, 5) is 0. The summed E-state index contributed by atoms with van der Waals surface area (Å²) in [7, 11) is 0. The summed E-state index contributed by atoms with van der Waals surface area (Å²) in [5, 5.41) is 77.0. The summed E-state index contributed by atoms with van der Waals surface area (Å²) in [5.41, 5.74) is 1.30. The predicted molar refractivity (Wildman–Crippen MR) is 171 cm³/mol. The molecule has 0 spiro atoms. The molecule has 9 aliphatic rings. The van der Waals surface area contributed by atoms with Crippen molar-refractivity contribution >= 4 is 0 Å². The molecule has 2 aromatic rings. The number of phenols is 4. The molecule has 8 N–H and O–H groups in total. The second-order valence-electron chi connectivity index (χ2n) is 15.7. The molecular weight excluding hydrogens is 584 g/mol. The minimum absolute atomic E-state index is 0.0166. The number of hydrogen-bond donors (Lipinski definition) is 8. The topological polar surface area (TPSA) is 162 Å². The Bertz CT molecular complexity index is 1470. The maximum atomic E-state index is 10.1. The fourth-order valence-corrected chi connectivity index (χ4v) is 11.2. The highest BCUT2D eigenvalue weighted by Crippen LogP contribution is 2.66. The zero-order valence-corrected chi connectivity index (χ0v) is 26.1. The lowest BCUT2D eigenvalue weighted by molar-refractivity contribution is -0.198. The summed E-state index contributed by atoms with van der Waals surface area (Å²) >= 11 is 0. The number of phenolic OH excluding ortho intramolecular Hbond substituents is 4. The molecule has 46 heavy (non-hydrogen) atoms. The maximum absolute atomic E-state index is 10.1. The van der Waals surface area contributed by atoms with Gasteiger partial charge in [-0.25, -0.2) is 0 Å². The van der Waals surface area contributed by atoms with Gasteiger partial charge in [-0.05, 0) is 141 Å². The number of aliphatic hydroxyl groups excluding tert-OH is 2. The molecule has 8 saturated carbocycles. The third-order valence-electron chi connectivity index (χ3n) is 12.0. The molecule has 244 valence electrons. The summed E-state index contributed by atoms with van der Waals surface area (Å²) in [6.45, 7) is 0. The van der Waals surface area contributed by atoms with Crippen LogP contribution < -0.4 is 0 Å². The highest BCUT2D eigenvalue weighted by Gasteiger charge is 2.59. The van der Waals surface area contributed by atoms with Crippen molar-refractivity contribution in [3.05, 3.63) is 83.3 Å². The van der Waals surface area contributed by atoms with Crippen molar-refractivity contribution in [3.8, 4) is 23.0 Å². The minimum atomic E-state index is -0.487. The van der Waals surface area contributed by atoms with E-state index in [0.717, 1.165) is 68.9 Å². The fraction of sp³-hybridized carbons (Fsp3) is 0.526. The molecule has 9 aliphatic carbocycles. The van der Waals surface area contributed by atoms with E-state index in [-0.39, 0.29) is 45.3 Å². The van der Waals surface area contributed by atoms with E-state index >= 15 is 0 Å². The molecule has 8 fully saturated rings. The van der Waals surface area contributed by atoms with Gasteiger partial charge in [-0.15, -0.1) is 0 Å². The fourth-order valence-electron chi connectivity index (χ4n) is 11.2. The van der Waals surface area contributed by atoms with Gasteiger partial charge < -0.3 is 40.9 Å². The third-order valence-corrected chi connectivity index (χ3v) is 12.0. The molecule has 8 bridgehead atoms. The summed E-state index contributed by atoms with van der Waals surface area (Å²) in [6, 6.07) is 10.6. The number of aliphatic hydroxyl groups is 4. The molecule has 11 rings (SSSR count). The average molecular weight is 630 g/mol. The van der Waals surface area contributed by atoms with Crippen molar-refractivity contribution < 1.29 is 40.9 Å². The van der Waals surface area contributed by atoms with Gasteiger partial charge in [0.15, 0.2) is 23.0 Å². The molecule has 8 nitrogen and oxygen atoms in total. The van der Waals surface area contributed by atoms with E-state index in [1.54, 1.807) is 30.3 Å². The first-order chi connectivity index (χ1) is 21.8. The average Bonchev–Trinajstić information content (AvgIpc) is 2.95. The highest BCUT2D eigenvalue weighted by molar-refractivity contribution is 5.48. The van der Waals surface area contributed by atoms with E-state index < -0.39 is 11.2 Å². The SMILES string of the molecule is OC12CC3CC(C1)CC(O)(C3)C2.OC1=[C+]C=CC=C1O.Oc1ccc(C23CC4CC(C2)CC(c2ccc(O)c(O)c2)(C4)C3)cc1O. The van der Waals surface area contributed by atoms with Crippen LogP contribution in [0, 0.1) is 29.7 Å². The monoisotopic (exact) mass is 629 g/mol. The number of allylic oxidation sites excluding steroid dienone is 4. The molecule has 2 aromatic carbocycles. The molecule has 0 amide bonds. The zero-order chi connectivity index (χ0) is 32.5. The Morgan fingerprint density at radius 1 is 0.543 bits per heavy atom. The van der Waals surface area contributed by atoms with Crippen molar-refractivity contribution in [2.45, 2.75) is 99.1 Å². The molecular formula is C38H45O8+. The Balaban J connectivity index is 0.000000138. The Hall–Kier alpha value is -3.71. The van der Waals surface area contributed by atoms with E-state index in [1.807, 2.05) is 12.1 Å². The Morgan fingerprint density at radius 3 is 1.33 bits per heavy atom. The molecule has 0 aromatic heterocycles. The van der Waals surface area contributed by atoms with Gasteiger partial charge in [-0.2, -0.15) is 0 Å². The zero-order valence-electron chi connectivity index (χ0n) is 26.1. The van der Waals surface area contributed by atoms with Crippen molar-refractivity contribution in [1.29, 1.82) is 0 Å². The summed E-state index contributed by atoms with van der Waals surface area (Å²) < 4.78 is 0. The van der Waals surface area contributed by atoms with Gasteiger partial charge >= 0.3 is 5.76 Å². The van der Waals surface area contributed by atoms with Gasteiger partial charge in [0.25, 0.3) is 5.76 Å². The molecule has 0 radical (unpaired) electrons. The lowest BCUT2D eigenvalue weighted by Crippen LogP contribution is -2.58. The third kappa shape index (κ3) is 5.61. The normalized spacial score (nSPS) is 38.9. The van der Waals surface area contributed by atoms with E-state index in [2.05, 4.69) is 6.08 Å². The number of hydrogen-bond acceptors (Lipinski definition) is 8. The van der Waals surface area contributed by atoms with Gasteiger partial charge in [0, 0.05) is 6.42 Å². The van der Waals surface area contributed by atoms with E-state index in [1.165, 1.54) is 25.0 Å². The van der Waals surface area contributed by atoms with Crippen LogP contribution >= 0.6 is 0 Å². The Morgan fingerprint density at radius 2 is 0.978 bits per heavy atom. The molecule has 8 heteroatoms. The lowest BCUT2D eigenvalue weighted by atomic mass is 9.41. The Labute approximate surface area is 269 Å². The van der Waals surface area contributed by atoms with Crippen LogP contribution in [0.5, 0.6) is 23.0 Å². The lowest BCUT2D eigenvalue weighted by Gasteiger charge is -2.62. The van der Waals surface area contributed by atoms with Crippen LogP contribution in [0.25, 0.3) is 0 Å². The quantitative estimate of drug-likeness (QED) is 0.136. The van der Waals surface area contributed by atoms with Crippen LogP contribution in [0.15, 0.2) is 66.1 Å². The second kappa shape index (κ2) is 10.9. The molecule has 0 unspecified atom stereocenters. The first-order valence-corrected chi connectivity index (χ1v) is 16.7. The number of aromatic hydroxyl groups is 4. The highest BCUT2D eigenvalue weighted by atomic mass is 16.3. The maximum Gasteiger partial charge on any atom is 0.331 e. The van der Waals surface area contributed by atoms with Gasteiger partial charge in [0.2, 0.25) is 0 Å². The van der Waals surface area contributed by atoms with E-state index in [4.69, 9.17) is 10.2 Å². The van der Waals surface area contributed by atoms with E-state index in [0.29, 0.717) is 30.1 Å². The van der Waals surface area contributed by atoms with Crippen LogP contribution in [-0.2, 0) is 10.8 Å². The van der Waals surface area contributed by atoms with Crippen LogP contribution in [0.2, 0.25) is 0 Å². The van der Waals surface area contributed by atoms with E-state index in [9.17, 15) is 30.6 Å². The van der Waals surface area contributed by atoms with Crippen LogP contribution in [0.1, 0.15) is 88.2 Å². The predicted octanol–water partition coefficient (Wildman–Crippen LogP) is 6.60. The summed E-state index contributed by atoms with van der Waals surface area (Å²) in [6.07, 6.45) is 19.4. The van der Waals surface area contributed by atoms with Crippen molar-refractivity contribution in [2.75, 3.05) is 0 Å². The van der Waals surface area contributed by atoms with Crippen molar-refractivity contribution in [2.24, 2.45) is 23.7 Å². The number of benzene rings is 2. The van der Waals surface area contributed by atoms with Crippen LogP contribution in [-0.4, -0.2) is 52.1 Å². The largest absolute Gasteiger partial charge is 0.504 e. The van der Waals surface area contributed by atoms with Crippen LogP contribution in [0.3, 0.4) is 0 Å². The molecule has 0 atom stereocenters. The summed E-state index contributed by atoms with van der Waals surface area (Å²) in [5.74, 6) is 1.94. The van der Waals surface area contributed by atoms with Gasteiger partial charge in [0.1, 0.15) is 6.08 Å². The molecule has 0 saturated heterocycles. The first-order valence-electron chi connectivity index (χ1n) is 16.7. The van der Waals surface area contributed by atoms with Crippen molar-refractivity contribution in [3.63, 3.8) is 0 Å². The van der Waals surface area contributed by atoms with Gasteiger partial charge in [-0.1, -0.05) is 12.1 Å². The van der Waals surface area contributed by atoms with Gasteiger partial charge in [-0.3, -0.25) is 0 Å². The molecule has 0 aliphatic heterocycles. The Kier molecular flexibility index (Phi) is 7.35. The minimum Gasteiger partial charge on any atom is -0.504 e. The van der Waals surface area contributed by atoms with Crippen LogP contribution in [0.4, 0.5) is 0 Å². The second-order valence-corrected chi connectivity index (χ2v) is 15.7. The number of rotatable bonds is 2.